The lowest BCUT2D eigenvalue weighted by Crippen LogP contribution is -2.25. The van der Waals surface area contributed by atoms with Crippen molar-refractivity contribution in [3.63, 3.8) is 0 Å². The van der Waals surface area contributed by atoms with Gasteiger partial charge in [0.05, 0.1) is 5.69 Å². The maximum atomic E-state index is 12.0. The van der Waals surface area contributed by atoms with Gasteiger partial charge in [-0.2, -0.15) is 0 Å². The molecule has 1 aromatic heterocycles. The number of carbonyl (C=O) groups excluding carboxylic acids is 1. The number of aromatic hydroxyl groups is 1. The fourth-order valence-corrected chi connectivity index (χ4v) is 1.45. The second-order valence-electron chi connectivity index (χ2n) is 3.72. The number of aryl methyl sites for hydroxylation is 1. The normalized spacial score (nSPS) is 10.2. The molecular weight excluding hydrogens is 220 g/mol. The summed E-state index contributed by atoms with van der Waals surface area (Å²) >= 11 is 0. The van der Waals surface area contributed by atoms with Crippen LogP contribution in [0, 0.1) is 6.92 Å². The molecule has 0 atom stereocenters. The summed E-state index contributed by atoms with van der Waals surface area (Å²) in [6.07, 6.45) is 0. The molecule has 0 aliphatic rings. The molecule has 0 spiro atoms. The average Bonchev–Trinajstić information content (AvgIpc) is 2.74. The minimum atomic E-state index is -0.309. The van der Waals surface area contributed by atoms with Crippen LogP contribution in [-0.4, -0.2) is 23.2 Å². The third-order valence-corrected chi connectivity index (χ3v) is 2.36. The first-order valence-corrected chi connectivity index (χ1v) is 5.08. The Morgan fingerprint density at radius 3 is 2.76 bits per heavy atom. The summed E-state index contributed by atoms with van der Waals surface area (Å²) in [6.45, 7) is 1.74. The highest BCUT2D eigenvalue weighted by atomic mass is 16.5. The van der Waals surface area contributed by atoms with Gasteiger partial charge in [0.15, 0.2) is 0 Å². The third-order valence-electron chi connectivity index (χ3n) is 2.36. The average molecular weight is 232 g/mol. The summed E-state index contributed by atoms with van der Waals surface area (Å²) in [5.74, 6) is -0.0274. The van der Waals surface area contributed by atoms with Gasteiger partial charge in [0.1, 0.15) is 5.75 Å². The van der Waals surface area contributed by atoms with Gasteiger partial charge in [-0.05, 0) is 19.1 Å². The topological polar surface area (TPSA) is 66.6 Å². The summed E-state index contributed by atoms with van der Waals surface area (Å²) in [5.41, 5.74) is 1.24. The number of carbonyl (C=O) groups is 1. The number of amides is 1. The predicted molar refractivity (Wildman–Crippen MR) is 62.1 cm³/mol. The summed E-state index contributed by atoms with van der Waals surface area (Å²) in [6, 6.07) is 8.00. The van der Waals surface area contributed by atoms with E-state index in [1.807, 2.05) is 0 Å². The van der Waals surface area contributed by atoms with Crippen molar-refractivity contribution >= 4 is 11.6 Å². The van der Waals surface area contributed by atoms with Gasteiger partial charge in [0, 0.05) is 24.9 Å². The second-order valence-corrected chi connectivity index (χ2v) is 3.72. The smallest absolute Gasteiger partial charge is 0.296 e. The van der Waals surface area contributed by atoms with Crippen molar-refractivity contribution in [1.82, 2.24) is 5.16 Å². The van der Waals surface area contributed by atoms with Crippen LogP contribution in [0.5, 0.6) is 5.75 Å². The third kappa shape index (κ3) is 2.28. The van der Waals surface area contributed by atoms with Gasteiger partial charge in [-0.15, -0.1) is 0 Å². The summed E-state index contributed by atoms with van der Waals surface area (Å²) in [7, 11) is 1.61. The highest BCUT2D eigenvalue weighted by molar-refractivity contribution is 6.03. The highest BCUT2D eigenvalue weighted by Gasteiger charge is 2.18. The largest absolute Gasteiger partial charge is 0.508 e. The van der Waals surface area contributed by atoms with Crippen LogP contribution < -0.4 is 4.90 Å². The first-order valence-electron chi connectivity index (χ1n) is 5.08. The SMILES string of the molecule is Cc1cc(C(=O)N(C)c2cccc(O)c2)on1. The van der Waals surface area contributed by atoms with Crippen molar-refractivity contribution < 1.29 is 14.4 Å². The minimum absolute atomic E-state index is 0.107. The zero-order valence-corrected chi connectivity index (χ0v) is 9.54. The summed E-state index contributed by atoms with van der Waals surface area (Å²) in [5, 5.41) is 13.0. The Kier molecular flexibility index (Phi) is 2.82. The van der Waals surface area contributed by atoms with Crippen molar-refractivity contribution in [3.05, 3.63) is 41.8 Å². The fourth-order valence-electron chi connectivity index (χ4n) is 1.45. The molecule has 1 aromatic carbocycles. The van der Waals surface area contributed by atoms with E-state index in [0.29, 0.717) is 11.4 Å². The van der Waals surface area contributed by atoms with E-state index >= 15 is 0 Å². The minimum Gasteiger partial charge on any atom is -0.508 e. The maximum absolute atomic E-state index is 12.0. The molecule has 0 saturated heterocycles. The van der Waals surface area contributed by atoms with Gasteiger partial charge in [0.2, 0.25) is 5.76 Å². The Labute approximate surface area is 98.3 Å². The van der Waals surface area contributed by atoms with E-state index in [9.17, 15) is 9.90 Å². The number of hydrogen-bond acceptors (Lipinski definition) is 4. The molecule has 0 bridgehead atoms. The van der Waals surface area contributed by atoms with Crippen LogP contribution in [0.4, 0.5) is 5.69 Å². The van der Waals surface area contributed by atoms with Crippen LogP contribution in [0.2, 0.25) is 0 Å². The first-order chi connectivity index (χ1) is 8.08. The van der Waals surface area contributed by atoms with Crippen LogP contribution >= 0.6 is 0 Å². The molecular formula is C12H12N2O3. The molecule has 0 unspecified atom stereocenters. The molecule has 0 aliphatic heterocycles. The lowest BCUT2D eigenvalue weighted by molar-refractivity contribution is 0.0957. The second kappa shape index (κ2) is 4.29. The quantitative estimate of drug-likeness (QED) is 0.859. The zero-order chi connectivity index (χ0) is 12.4. The molecule has 5 heteroatoms. The lowest BCUT2D eigenvalue weighted by atomic mass is 10.2. The Morgan fingerprint density at radius 1 is 1.41 bits per heavy atom. The predicted octanol–water partition coefficient (Wildman–Crippen LogP) is 1.97. The first kappa shape index (κ1) is 11.2. The van der Waals surface area contributed by atoms with Crippen LogP contribution in [0.15, 0.2) is 34.9 Å². The number of anilines is 1. The molecule has 2 aromatic rings. The highest BCUT2D eigenvalue weighted by Crippen LogP contribution is 2.20. The van der Waals surface area contributed by atoms with Crippen molar-refractivity contribution in [2.75, 3.05) is 11.9 Å². The monoisotopic (exact) mass is 232 g/mol. The van der Waals surface area contributed by atoms with Gasteiger partial charge < -0.3 is 14.5 Å². The van der Waals surface area contributed by atoms with E-state index in [1.54, 1.807) is 38.2 Å². The van der Waals surface area contributed by atoms with Gasteiger partial charge >= 0.3 is 0 Å². The van der Waals surface area contributed by atoms with Gasteiger partial charge in [-0.1, -0.05) is 11.2 Å². The van der Waals surface area contributed by atoms with E-state index in [0.717, 1.165) is 0 Å². The maximum Gasteiger partial charge on any atom is 0.296 e. The van der Waals surface area contributed by atoms with Crippen molar-refractivity contribution in [2.24, 2.45) is 0 Å². The van der Waals surface area contributed by atoms with E-state index in [2.05, 4.69) is 5.16 Å². The van der Waals surface area contributed by atoms with Gasteiger partial charge in [-0.25, -0.2) is 0 Å². The molecule has 88 valence electrons. The molecule has 17 heavy (non-hydrogen) atoms. The van der Waals surface area contributed by atoms with Crippen LogP contribution in [0.25, 0.3) is 0 Å². The molecule has 5 nitrogen and oxygen atoms in total. The van der Waals surface area contributed by atoms with E-state index in [1.165, 1.54) is 11.0 Å². The number of nitrogens with zero attached hydrogens (tertiary/aromatic N) is 2. The van der Waals surface area contributed by atoms with Crippen molar-refractivity contribution in [2.45, 2.75) is 6.92 Å². The van der Waals surface area contributed by atoms with Crippen LogP contribution in [0.1, 0.15) is 16.2 Å². The molecule has 2 rings (SSSR count). The van der Waals surface area contributed by atoms with Crippen LogP contribution in [-0.2, 0) is 0 Å². The number of aromatic nitrogens is 1. The molecule has 1 N–H and O–H groups in total. The summed E-state index contributed by atoms with van der Waals surface area (Å²) in [4.78, 5) is 13.4. The Balaban J connectivity index is 2.26. The summed E-state index contributed by atoms with van der Waals surface area (Å²) < 4.78 is 4.90. The van der Waals surface area contributed by atoms with Crippen molar-refractivity contribution in [1.29, 1.82) is 0 Å². The lowest BCUT2D eigenvalue weighted by Gasteiger charge is -2.15. The van der Waals surface area contributed by atoms with E-state index in [4.69, 9.17) is 4.52 Å². The Bertz CT molecular complexity index is 548. The number of benzene rings is 1. The Morgan fingerprint density at radius 2 is 2.18 bits per heavy atom. The molecule has 1 amide bonds. The Hall–Kier alpha value is -2.30. The molecule has 0 fully saturated rings. The number of rotatable bonds is 2. The molecule has 0 radical (unpaired) electrons. The van der Waals surface area contributed by atoms with Crippen molar-refractivity contribution in [3.8, 4) is 5.75 Å². The number of phenols is 1. The standard InChI is InChI=1S/C12H12N2O3/c1-8-6-11(17-13-8)12(16)14(2)9-4-3-5-10(15)7-9/h3-7,15H,1-2H3. The van der Waals surface area contributed by atoms with Crippen LogP contribution in [0.3, 0.4) is 0 Å². The molecule has 0 aliphatic carbocycles. The van der Waals surface area contributed by atoms with Gasteiger partial charge in [-0.3, -0.25) is 4.79 Å². The number of hydrogen-bond donors (Lipinski definition) is 1. The fraction of sp³-hybridized carbons (Fsp3) is 0.167. The van der Waals surface area contributed by atoms with E-state index < -0.39 is 0 Å². The number of phenolic OH excluding ortho intramolecular Hbond substituents is 1. The zero-order valence-electron chi connectivity index (χ0n) is 9.54. The molecule has 0 saturated carbocycles. The molecule has 1 heterocycles. The van der Waals surface area contributed by atoms with E-state index in [-0.39, 0.29) is 17.4 Å². The van der Waals surface area contributed by atoms with Gasteiger partial charge in [0.25, 0.3) is 5.91 Å².